The molecule has 1 aliphatic rings. The number of hydrogen-bond acceptors (Lipinski definition) is 4. The van der Waals surface area contributed by atoms with Gasteiger partial charge in [0.05, 0.1) is 18.6 Å². The van der Waals surface area contributed by atoms with Gasteiger partial charge in [-0.2, -0.15) is 11.8 Å². The molecule has 1 rings (SSSR count). The van der Waals surface area contributed by atoms with Crippen molar-refractivity contribution < 1.29 is 52.1 Å². The molecule has 1 saturated heterocycles. The van der Waals surface area contributed by atoms with E-state index in [1.807, 2.05) is 20.1 Å². The van der Waals surface area contributed by atoms with Gasteiger partial charge in [0.25, 0.3) is 0 Å². The monoisotopic (exact) mass is 323 g/mol. The van der Waals surface area contributed by atoms with Gasteiger partial charge in [0.2, 0.25) is 0 Å². The van der Waals surface area contributed by atoms with Gasteiger partial charge >= 0.3 is 5.97 Å². The Bertz CT molecular complexity index is 235. The van der Waals surface area contributed by atoms with E-state index in [-0.39, 0.29) is 51.3 Å². The Hall–Kier alpha value is 0.844. The molecule has 0 amide bonds. The average molecular weight is 323 g/mol. The van der Waals surface area contributed by atoms with Crippen LogP contribution in [0.5, 0.6) is 0 Å². The molecule has 0 saturated carbocycles. The van der Waals surface area contributed by atoms with Gasteiger partial charge in [-0.15, -0.1) is 0 Å². The van der Waals surface area contributed by atoms with Crippen molar-refractivity contribution in [3.63, 3.8) is 0 Å². The Morgan fingerprint density at radius 2 is 2.00 bits per heavy atom. The number of rotatable bonds is 4. The number of aliphatic carboxylic acids is 1. The first-order valence-corrected chi connectivity index (χ1v) is 6.38. The summed E-state index contributed by atoms with van der Waals surface area (Å²) in [5.41, 5.74) is 0. The third-order valence-electron chi connectivity index (χ3n) is 2.18. The van der Waals surface area contributed by atoms with Crippen LogP contribution in [-0.4, -0.2) is 41.1 Å². The second kappa shape index (κ2) is 7.32. The number of ether oxygens (including phenoxy) is 2. The van der Waals surface area contributed by atoms with E-state index >= 15 is 0 Å². The van der Waals surface area contributed by atoms with Gasteiger partial charge in [-0.05, 0) is 20.1 Å². The van der Waals surface area contributed by atoms with Gasteiger partial charge < -0.3 is 14.6 Å². The SMILES string of the molecule is CSC[C@@H]1C[C@H](CC(=O)O)OC(C)(C)O1.[Y]. The first-order valence-electron chi connectivity index (χ1n) is 4.99. The second-order valence-electron chi connectivity index (χ2n) is 4.17. The van der Waals surface area contributed by atoms with Crippen molar-refractivity contribution in [1.82, 2.24) is 0 Å². The van der Waals surface area contributed by atoms with Crippen LogP contribution in [0.4, 0.5) is 0 Å². The number of hydrogen-bond donors (Lipinski definition) is 1. The van der Waals surface area contributed by atoms with Crippen LogP contribution in [0, 0.1) is 0 Å². The second-order valence-corrected chi connectivity index (χ2v) is 5.08. The Kier molecular flexibility index (Phi) is 7.70. The van der Waals surface area contributed by atoms with Gasteiger partial charge in [-0.25, -0.2) is 0 Å². The minimum atomic E-state index is -0.819. The normalized spacial score (nSPS) is 28.2. The summed E-state index contributed by atoms with van der Waals surface area (Å²) >= 11 is 1.70. The Morgan fingerprint density at radius 3 is 2.50 bits per heavy atom. The van der Waals surface area contributed by atoms with Crippen molar-refractivity contribution >= 4 is 17.7 Å². The Morgan fingerprint density at radius 1 is 1.44 bits per heavy atom. The van der Waals surface area contributed by atoms with E-state index < -0.39 is 11.8 Å². The van der Waals surface area contributed by atoms with Crippen LogP contribution in [0.25, 0.3) is 0 Å². The topological polar surface area (TPSA) is 55.8 Å². The Balaban J connectivity index is 0.00000225. The zero-order valence-electron chi connectivity index (χ0n) is 9.93. The predicted molar refractivity (Wildman–Crippen MR) is 59.1 cm³/mol. The quantitative estimate of drug-likeness (QED) is 0.854. The molecule has 1 fully saturated rings. The smallest absolute Gasteiger partial charge is 0.305 e. The fraction of sp³-hybridized carbons (Fsp3) is 0.900. The summed E-state index contributed by atoms with van der Waals surface area (Å²) in [5.74, 6) is -0.609. The van der Waals surface area contributed by atoms with E-state index in [2.05, 4.69) is 0 Å². The summed E-state index contributed by atoms with van der Waals surface area (Å²) in [6.45, 7) is 3.66. The van der Waals surface area contributed by atoms with Crippen LogP contribution in [0.3, 0.4) is 0 Å². The molecule has 0 spiro atoms. The van der Waals surface area contributed by atoms with Crippen LogP contribution >= 0.6 is 11.8 Å². The summed E-state index contributed by atoms with van der Waals surface area (Å²) < 4.78 is 11.2. The van der Waals surface area contributed by atoms with Gasteiger partial charge in [0.1, 0.15) is 0 Å². The number of carbonyl (C=O) groups is 1. The number of carboxylic acid groups (broad SMARTS) is 1. The minimum absolute atomic E-state index is 0. The summed E-state index contributed by atoms with van der Waals surface area (Å²) in [5, 5.41) is 8.73. The maximum atomic E-state index is 10.6. The maximum absolute atomic E-state index is 10.6. The largest absolute Gasteiger partial charge is 0.481 e. The molecular formula is C10H18O4SY. The fourth-order valence-electron chi connectivity index (χ4n) is 1.83. The molecule has 16 heavy (non-hydrogen) atoms. The van der Waals surface area contributed by atoms with Crippen LogP contribution in [0.1, 0.15) is 26.7 Å². The van der Waals surface area contributed by atoms with E-state index in [1.165, 1.54) is 0 Å². The molecule has 0 aromatic rings. The van der Waals surface area contributed by atoms with Crippen LogP contribution < -0.4 is 0 Å². The van der Waals surface area contributed by atoms with Crippen molar-refractivity contribution in [3.8, 4) is 0 Å². The van der Waals surface area contributed by atoms with Crippen molar-refractivity contribution in [2.75, 3.05) is 12.0 Å². The molecule has 1 heterocycles. The molecule has 0 aliphatic carbocycles. The molecule has 1 N–H and O–H groups in total. The van der Waals surface area contributed by atoms with E-state index in [1.54, 1.807) is 11.8 Å². The van der Waals surface area contributed by atoms with Crippen molar-refractivity contribution in [2.24, 2.45) is 0 Å². The molecule has 0 bridgehead atoms. The van der Waals surface area contributed by atoms with Gasteiger partial charge in [-0.1, -0.05) is 0 Å². The van der Waals surface area contributed by atoms with Crippen molar-refractivity contribution in [3.05, 3.63) is 0 Å². The molecular weight excluding hydrogens is 305 g/mol. The minimum Gasteiger partial charge on any atom is -0.481 e. The summed E-state index contributed by atoms with van der Waals surface area (Å²) in [7, 11) is 0. The molecule has 0 aromatic heterocycles. The summed E-state index contributed by atoms with van der Waals surface area (Å²) in [6.07, 6.45) is 2.59. The third kappa shape index (κ3) is 5.96. The standard InChI is InChI=1S/C10H18O4S.Y/c1-10(2)13-7(5-9(11)12)4-8(14-10)6-15-3;/h7-8H,4-6H2,1-3H3,(H,11,12);/t7-,8+;/m1./s1. The fourth-order valence-corrected chi connectivity index (χ4v) is 2.40. The van der Waals surface area contributed by atoms with Gasteiger partial charge in [-0.3, -0.25) is 4.79 Å². The average Bonchev–Trinajstić information content (AvgIpc) is 1.99. The van der Waals surface area contributed by atoms with E-state index in [4.69, 9.17) is 14.6 Å². The van der Waals surface area contributed by atoms with Crippen LogP contribution in [0.2, 0.25) is 0 Å². The molecule has 0 unspecified atom stereocenters. The molecule has 2 atom stereocenters. The molecule has 1 radical (unpaired) electrons. The van der Waals surface area contributed by atoms with Crippen LogP contribution in [-0.2, 0) is 47.0 Å². The van der Waals surface area contributed by atoms with Gasteiger partial charge in [0.15, 0.2) is 5.79 Å². The summed E-state index contributed by atoms with van der Waals surface area (Å²) in [6, 6.07) is 0. The summed E-state index contributed by atoms with van der Waals surface area (Å²) in [4.78, 5) is 10.6. The van der Waals surface area contributed by atoms with Crippen molar-refractivity contribution in [1.29, 1.82) is 0 Å². The predicted octanol–water partition coefficient (Wildman–Crippen LogP) is 1.73. The first-order chi connectivity index (χ1) is 6.93. The zero-order chi connectivity index (χ0) is 11.5. The van der Waals surface area contributed by atoms with E-state index in [9.17, 15) is 4.79 Å². The zero-order valence-corrected chi connectivity index (χ0v) is 13.6. The molecule has 4 nitrogen and oxygen atoms in total. The van der Waals surface area contributed by atoms with Gasteiger partial charge in [0, 0.05) is 44.9 Å². The maximum Gasteiger partial charge on any atom is 0.305 e. The third-order valence-corrected chi connectivity index (χ3v) is 2.89. The molecule has 6 heteroatoms. The van der Waals surface area contributed by atoms with Crippen molar-refractivity contribution in [2.45, 2.75) is 44.7 Å². The van der Waals surface area contributed by atoms with E-state index in [0.29, 0.717) is 6.42 Å². The molecule has 91 valence electrons. The first kappa shape index (κ1) is 16.8. The Labute approximate surface area is 126 Å². The number of thioether (sulfide) groups is 1. The van der Waals surface area contributed by atoms with E-state index in [0.717, 1.165) is 5.75 Å². The van der Waals surface area contributed by atoms with Crippen LogP contribution in [0.15, 0.2) is 0 Å². The molecule has 1 aliphatic heterocycles. The molecule has 0 aromatic carbocycles. The number of carboxylic acids is 1.